The van der Waals surface area contributed by atoms with Crippen molar-refractivity contribution in [3.05, 3.63) is 34.9 Å². The van der Waals surface area contributed by atoms with Gasteiger partial charge >= 0.3 is 12.1 Å². The van der Waals surface area contributed by atoms with Crippen molar-refractivity contribution in [1.29, 1.82) is 0 Å². The second kappa shape index (κ2) is 11.0. The number of aliphatic carboxylic acids is 1. The van der Waals surface area contributed by atoms with Gasteiger partial charge in [-0.1, -0.05) is 23.7 Å². The van der Waals surface area contributed by atoms with Gasteiger partial charge in [-0.2, -0.15) is 0 Å². The first-order chi connectivity index (χ1) is 16.0. The number of hydrogen-bond acceptors (Lipinski definition) is 5. The van der Waals surface area contributed by atoms with E-state index < -0.39 is 23.7 Å². The summed E-state index contributed by atoms with van der Waals surface area (Å²) in [5.74, 6) is -1.10. The number of halogens is 1. The summed E-state index contributed by atoms with van der Waals surface area (Å²) in [5, 5.41) is 16.3. The largest absolute Gasteiger partial charge is 0.480 e. The number of alkyl carbamates (subject to hydrolysis) is 1. The van der Waals surface area contributed by atoms with Crippen molar-refractivity contribution in [3.8, 4) is 0 Å². The highest BCUT2D eigenvalue weighted by Gasteiger charge is 2.38. The lowest BCUT2D eigenvalue weighted by Gasteiger charge is -2.41. The molecule has 0 unspecified atom stereocenters. The maximum atomic E-state index is 12.6. The minimum atomic E-state index is -0.938. The molecule has 8 nitrogen and oxygen atoms in total. The fourth-order valence-electron chi connectivity index (χ4n) is 4.97. The van der Waals surface area contributed by atoms with Crippen LogP contribution in [0.25, 0.3) is 0 Å². The number of ether oxygens (including phenoxy) is 1. The van der Waals surface area contributed by atoms with Crippen LogP contribution in [0.15, 0.2) is 24.3 Å². The number of carboxylic acid groups (broad SMARTS) is 1. The van der Waals surface area contributed by atoms with Gasteiger partial charge < -0.3 is 25.4 Å². The number of likely N-dealkylation sites (tertiary alicyclic amines) is 1. The van der Waals surface area contributed by atoms with E-state index in [2.05, 4.69) is 10.6 Å². The molecule has 9 heteroatoms. The maximum absolute atomic E-state index is 12.6. The maximum Gasteiger partial charge on any atom is 0.407 e. The summed E-state index contributed by atoms with van der Waals surface area (Å²) in [6, 6.07) is 7.18. The average molecular weight is 494 g/mol. The Kier molecular flexibility index (Phi) is 8.47. The summed E-state index contributed by atoms with van der Waals surface area (Å²) >= 11 is 6.28. The molecule has 3 N–H and O–H groups in total. The van der Waals surface area contributed by atoms with Crippen molar-refractivity contribution in [2.24, 2.45) is 0 Å². The first-order valence-corrected chi connectivity index (χ1v) is 12.4. The Bertz CT molecular complexity index is 893. The number of rotatable bonds is 7. The number of carbonyl (C=O) groups excluding carboxylic acids is 2. The van der Waals surface area contributed by atoms with E-state index in [1.165, 1.54) is 4.90 Å². The number of amides is 2. The van der Waals surface area contributed by atoms with Gasteiger partial charge in [0.05, 0.1) is 6.54 Å². The van der Waals surface area contributed by atoms with E-state index in [4.69, 9.17) is 16.3 Å². The van der Waals surface area contributed by atoms with Gasteiger partial charge in [0.15, 0.2) is 0 Å². The lowest BCUT2D eigenvalue weighted by molar-refractivity contribution is -0.147. The number of benzene rings is 1. The Labute approximate surface area is 206 Å². The van der Waals surface area contributed by atoms with E-state index in [0.717, 1.165) is 37.7 Å². The van der Waals surface area contributed by atoms with Crippen molar-refractivity contribution < 1.29 is 24.2 Å². The normalized spacial score (nSPS) is 25.1. The lowest BCUT2D eigenvalue weighted by Crippen LogP contribution is -2.49. The van der Waals surface area contributed by atoms with Crippen molar-refractivity contribution in [2.45, 2.75) is 82.4 Å². The molecule has 0 spiro atoms. The van der Waals surface area contributed by atoms with Gasteiger partial charge in [0.1, 0.15) is 11.6 Å². The van der Waals surface area contributed by atoms with Crippen LogP contribution in [0.4, 0.5) is 4.79 Å². The van der Waals surface area contributed by atoms with Gasteiger partial charge in [-0.25, -0.2) is 9.59 Å². The molecule has 1 aromatic rings. The van der Waals surface area contributed by atoms with Gasteiger partial charge in [0, 0.05) is 29.6 Å². The minimum absolute atomic E-state index is 0.134. The summed E-state index contributed by atoms with van der Waals surface area (Å²) in [6.45, 7) is 6.56. The molecule has 1 aliphatic carbocycles. The predicted molar refractivity (Wildman–Crippen MR) is 130 cm³/mol. The molecule has 2 aliphatic rings. The second-order valence-corrected chi connectivity index (χ2v) is 10.8. The van der Waals surface area contributed by atoms with E-state index in [0.29, 0.717) is 24.5 Å². The van der Waals surface area contributed by atoms with Crippen LogP contribution in [-0.2, 0) is 19.7 Å². The number of hydrogen-bond donors (Lipinski definition) is 3. The number of carbonyl (C=O) groups is 3. The molecule has 1 atom stereocenters. The molecule has 2 amide bonds. The Balaban J connectivity index is 1.60. The van der Waals surface area contributed by atoms with Gasteiger partial charge in [0.2, 0.25) is 5.91 Å². The molecule has 0 bridgehead atoms. The van der Waals surface area contributed by atoms with E-state index >= 15 is 0 Å². The molecule has 0 radical (unpaired) electrons. The molecule has 1 saturated carbocycles. The molecule has 3 rings (SSSR count). The van der Waals surface area contributed by atoms with E-state index in [1.807, 2.05) is 45.0 Å². The van der Waals surface area contributed by atoms with Crippen LogP contribution in [0.5, 0.6) is 0 Å². The zero-order valence-electron chi connectivity index (χ0n) is 20.2. The summed E-state index contributed by atoms with van der Waals surface area (Å²) in [6.07, 6.45) is 4.03. The third-order valence-corrected chi connectivity index (χ3v) is 6.98. The first-order valence-electron chi connectivity index (χ1n) is 12.0. The van der Waals surface area contributed by atoms with Crippen molar-refractivity contribution in [2.75, 3.05) is 19.6 Å². The van der Waals surface area contributed by atoms with Crippen LogP contribution < -0.4 is 10.6 Å². The third-order valence-electron chi connectivity index (χ3n) is 6.75. The topological polar surface area (TPSA) is 108 Å². The predicted octanol–water partition coefficient (Wildman–Crippen LogP) is 3.71. The van der Waals surface area contributed by atoms with Gasteiger partial charge in [-0.15, -0.1) is 0 Å². The molecular weight excluding hydrogens is 458 g/mol. The van der Waals surface area contributed by atoms with Gasteiger partial charge in [0.25, 0.3) is 0 Å². The highest BCUT2D eigenvalue weighted by Crippen LogP contribution is 2.40. The molecule has 1 heterocycles. The Morgan fingerprint density at radius 3 is 2.53 bits per heavy atom. The molecule has 1 saturated heterocycles. The number of carboxylic acids is 1. The number of nitrogens with zero attached hydrogens (tertiary/aromatic N) is 1. The van der Waals surface area contributed by atoms with E-state index in [9.17, 15) is 19.5 Å². The molecule has 34 heavy (non-hydrogen) atoms. The molecule has 2 fully saturated rings. The van der Waals surface area contributed by atoms with E-state index in [1.54, 1.807) is 0 Å². The molecule has 1 aromatic carbocycles. The summed E-state index contributed by atoms with van der Waals surface area (Å²) in [7, 11) is 0. The van der Waals surface area contributed by atoms with Crippen molar-refractivity contribution >= 4 is 29.6 Å². The molecule has 0 aromatic heterocycles. The van der Waals surface area contributed by atoms with Crippen LogP contribution >= 0.6 is 11.6 Å². The lowest BCUT2D eigenvalue weighted by atomic mass is 9.68. The molecule has 1 aliphatic heterocycles. The van der Waals surface area contributed by atoms with Crippen LogP contribution in [0.2, 0.25) is 5.02 Å². The Morgan fingerprint density at radius 2 is 1.91 bits per heavy atom. The zero-order valence-corrected chi connectivity index (χ0v) is 21.0. The fraction of sp³-hybridized carbons (Fsp3) is 0.640. The van der Waals surface area contributed by atoms with Crippen LogP contribution in [0, 0.1) is 0 Å². The number of nitrogens with one attached hydrogen (secondary N) is 2. The van der Waals surface area contributed by atoms with Crippen molar-refractivity contribution in [3.63, 3.8) is 0 Å². The molecule has 188 valence electrons. The second-order valence-electron chi connectivity index (χ2n) is 10.4. The standard InChI is InChI=1S/C25H36ClN3O5/c1-24(2,3)34-23(33)28-16-25(17-6-4-7-18(26)14-17)11-9-19(10-12-25)27-15-21(30)29-13-5-8-20(29)22(31)32/h4,6-7,14,19-20,27H,5,8-13,15-16H2,1-3H3,(H,28,33)(H,31,32)/t19?,20-,25?/m0/s1. The molecular formula is C25H36ClN3O5. The monoisotopic (exact) mass is 493 g/mol. The smallest absolute Gasteiger partial charge is 0.407 e. The minimum Gasteiger partial charge on any atom is -0.480 e. The highest BCUT2D eigenvalue weighted by atomic mass is 35.5. The Hall–Kier alpha value is -2.32. The van der Waals surface area contributed by atoms with Crippen molar-refractivity contribution in [1.82, 2.24) is 15.5 Å². The van der Waals surface area contributed by atoms with Crippen LogP contribution in [-0.4, -0.2) is 65.3 Å². The summed E-state index contributed by atoms with van der Waals surface area (Å²) in [5.41, 5.74) is 0.218. The quantitative estimate of drug-likeness (QED) is 0.534. The highest BCUT2D eigenvalue weighted by molar-refractivity contribution is 6.30. The van der Waals surface area contributed by atoms with E-state index in [-0.39, 0.29) is 23.9 Å². The SMILES string of the molecule is CC(C)(C)OC(=O)NCC1(c2cccc(Cl)c2)CCC(NCC(=O)N2CCC[C@H]2C(=O)O)CC1. The van der Waals surface area contributed by atoms with Crippen LogP contribution in [0.1, 0.15) is 64.9 Å². The van der Waals surface area contributed by atoms with Gasteiger partial charge in [-0.05, 0) is 77.0 Å². The average Bonchev–Trinajstić information content (AvgIpc) is 3.26. The summed E-state index contributed by atoms with van der Waals surface area (Å²) < 4.78 is 5.42. The Morgan fingerprint density at radius 1 is 1.21 bits per heavy atom. The third kappa shape index (κ3) is 6.85. The fourth-order valence-corrected chi connectivity index (χ4v) is 5.16. The van der Waals surface area contributed by atoms with Crippen LogP contribution in [0.3, 0.4) is 0 Å². The van der Waals surface area contributed by atoms with Gasteiger partial charge in [-0.3, -0.25) is 4.79 Å². The zero-order chi connectivity index (χ0) is 24.9. The summed E-state index contributed by atoms with van der Waals surface area (Å²) in [4.78, 5) is 37.8. The first kappa shape index (κ1) is 26.3.